The standard InChI is InChI=1S/C24H22FN5O2.C16H19N3O3.C14H17N3O2.C13H14N2O3.C11H11BrN2O.C11H12N2O.C9H9BrN2.CO2/c25-19-4-2-1-3-18(19)17-13-27-23(28-14-17)30-15-24(5-6-24)21-20(30)11-16(12-26-21)22(31)29-7-9-32-10-8-29;1-11(20)19-10-16(2-3-16)14-13(19)8-12(9-17-14)15(21)18-4-6-22-7-5-18;18-13(17-3-5-19-6-4-17)10-7-11-12(15-8-10)14(1-2-14)9-16-11;1-9(17)15-7-13(2-3-13)12-11(15)4-10(5-14-12)6-18-8-16;1-7(15)14-6-11(2-3-11)10-9(14)4-8(12)5-13-10;1-8(14)13-7-11(4-5-11)10-9(13)3-2-6-12-10;10-6-3-7-8(11-4-6)9(1-2-9)5-12-7;2-1-3/h1-4,11-14H,5-10,15H2;8-9H,2-7,10H2,1H3;7-8,16H,1-6,9H2;4-5,8H,2-3,6-7H2,1H3;4-5H,2-3,6H2,1H3;2-3,6H,4-5,7H2,1H3;3-4,12H,1-2,5H2;. The molecule has 7 amide bonds. The van der Waals surface area contributed by atoms with Crippen LogP contribution in [0.4, 0.5) is 50.2 Å². The molecule has 17 aliphatic rings. The number of carbonyl (C=O) groups is 8. The van der Waals surface area contributed by atoms with Crippen molar-refractivity contribution in [3.63, 3.8) is 0 Å². The normalized spacial score (nSPS) is 20.2. The molecular formula is C99H104Br2FN19O14. The number of rotatable bonds is 8. The summed E-state index contributed by atoms with van der Waals surface area (Å²) in [5.41, 5.74) is 19.6. The van der Waals surface area contributed by atoms with Crippen molar-refractivity contribution in [1.29, 1.82) is 0 Å². The number of fused-ring (bicyclic) bond motifs is 14. The summed E-state index contributed by atoms with van der Waals surface area (Å²) >= 11 is 6.82. The highest BCUT2D eigenvalue weighted by molar-refractivity contribution is 9.10. The van der Waals surface area contributed by atoms with Crippen molar-refractivity contribution >= 4 is 132 Å². The summed E-state index contributed by atoms with van der Waals surface area (Å²) in [5, 5.41) is 6.79. The number of hydrogen-bond acceptors (Lipinski definition) is 26. The SMILES string of the molecule is Brc1cnc2c(c1)NCC21CC1.CC(=O)N1CC2(CC2)c2ncc(Br)cc21.CC(=O)N1CC2(CC2)c2ncc(C(=O)N3CCOCC3)cc21.CC(=O)N1CC2(CC2)c2ncc(COC=O)cc21.CC(=O)N1CC2(CC2)c2ncccc21.O=C(c1cnc2c(c1)N(c1ncc(-c3ccccc3F)cn1)CC21CC1)N1CCOCC1.O=C(c1cnc2c(c1)NCC21CC1)N1CCOCC1.O=C=O. The summed E-state index contributed by atoms with van der Waals surface area (Å²) in [5.74, 6) is 0.531. The predicted molar refractivity (Wildman–Crippen MR) is 501 cm³/mol. The molecule has 0 atom stereocenters. The second-order valence-electron chi connectivity index (χ2n) is 38.1. The van der Waals surface area contributed by atoms with Gasteiger partial charge in [-0.25, -0.2) is 14.4 Å². The summed E-state index contributed by atoms with van der Waals surface area (Å²) in [6.45, 7) is 20.2. The van der Waals surface area contributed by atoms with E-state index in [-0.39, 0.29) is 92.4 Å². The van der Waals surface area contributed by atoms with E-state index in [1.165, 1.54) is 68.8 Å². The van der Waals surface area contributed by atoms with Gasteiger partial charge in [0.05, 0.1) is 136 Å². The Morgan fingerprint density at radius 3 is 1.22 bits per heavy atom. The van der Waals surface area contributed by atoms with Gasteiger partial charge in [0, 0.05) is 232 Å². The second kappa shape index (κ2) is 37.0. The fourth-order valence-electron chi connectivity index (χ4n) is 20.2. The largest absolute Gasteiger partial charge is 0.463 e. The second-order valence-corrected chi connectivity index (χ2v) is 39.9. The minimum atomic E-state index is -0.303. The molecule has 7 saturated carbocycles. The average Bonchev–Trinajstić information content (AvgIpc) is 1.56. The summed E-state index contributed by atoms with van der Waals surface area (Å²) < 4.78 is 36.8. The van der Waals surface area contributed by atoms with Crippen LogP contribution in [0.15, 0.2) is 138 Å². The molecule has 26 rings (SSSR count). The van der Waals surface area contributed by atoms with Crippen molar-refractivity contribution in [2.75, 3.05) is 160 Å². The molecule has 10 fully saturated rings. The molecule has 0 unspecified atom stereocenters. The number of carbonyl (C=O) groups excluding carboxylic acids is 10. The number of nitrogens with one attached hydrogen (secondary N) is 2. The summed E-state index contributed by atoms with van der Waals surface area (Å²) in [6, 6.07) is 22.2. The van der Waals surface area contributed by atoms with Gasteiger partial charge in [0.15, 0.2) is 0 Å². The minimum Gasteiger partial charge on any atom is -0.463 e. The van der Waals surface area contributed by atoms with E-state index < -0.39 is 0 Å². The van der Waals surface area contributed by atoms with Crippen molar-refractivity contribution in [3.05, 3.63) is 205 Å². The Balaban J connectivity index is 0.000000103. The first-order valence-electron chi connectivity index (χ1n) is 46.2. The molecule has 8 aromatic heterocycles. The first-order valence-corrected chi connectivity index (χ1v) is 47.7. The Morgan fingerprint density at radius 2 is 0.778 bits per heavy atom. The molecule has 7 aliphatic carbocycles. The monoisotopic (exact) mass is 1960 g/mol. The number of pyridine rings is 7. The highest BCUT2D eigenvalue weighted by Gasteiger charge is 2.59. The third kappa shape index (κ3) is 18.4. The highest BCUT2D eigenvalue weighted by atomic mass is 79.9. The molecule has 7 spiro atoms. The molecule has 135 heavy (non-hydrogen) atoms. The number of ether oxygens (including phenoxy) is 4. The molecular weight excluding hydrogens is 1860 g/mol. The van der Waals surface area contributed by atoms with Crippen LogP contribution in [0.25, 0.3) is 11.1 Å². The number of nitrogens with zero attached hydrogens (tertiary/aromatic N) is 17. The first kappa shape index (κ1) is 91.8. The van der Waals surface area contributed by atoms with Crippen LogP contribution in [0.3, 0.4) is 0 Å². The van der Waals surface area contributed by atoms with Crippen LogP contribution in [-0.2, 0) is 97.0 Å². The zero-order valence-corrected chi connectivity index (χ0v) is 78.9. The lowest BCUT2D eigenvalue weighted by Gasteiger charge is -2.27. The molecule has 700 valence electrons. The van der Waals surface area contributed by atoms with Gasteiger partial charge >= 0.3 is 6.15 Å². The number of halogens is 3. The van der Waals surface area contributed by atoms with Crippen LogP contribution < -0.4 is 35.1 Å². The van der Waals surface area contributed by atoms with E-state index in [2.05, 4.69) is 88.4 Å². The van der Waals surface area contributed by atoms with Gasteiger partial charge in [-0.15, -0.1) is 0 Å². The van der Waals surface area contributed by atoms with Crippen molar-refractivity contribution in [3.8, 4) is 11.1 Å². The summed E-state index contributed by atoms with van der Waals surface area (Å²) in [4.78, 5) is 166. The Hall–Kier alpha value is -12.3. The van der Waals surface area contributed by atoms with E-state index in [4.69, 9.17) is 33.5 Å². The third-order valence-corrected chi connectivity index (χ3v) is 29.9. The van der Waals surface area contributed by atoms with Gasteiger partial charge in [-0.1, -0.05) is 18.2 Å². The number of anilines is 8. The van der Waals surface area contributed by atoms with E-state index in [0.29, 0.717) is 131 Å². The molecule has 36 heteroatoms. The van der Waals surface area contributed by atoms with Gasteiger partial charge in [-0.2, -0.15) is 9.59 Å². The van der Waals surface area contributed by atoms with Crippen molar-refractivity contribution in [2.24, 2.45) is 0 Å². The Kier molecular flexibility index (Phi) is 25.2. The summed E-state index contributed by atoms with van der Waals surface area (Å²) in [7, 11) is 0. The maximum Gasteiger partial charge on any atom is 0.373 e. The molecule has 18 heterocycles. The van der Waals surface area contributed by atoms with Crippen molar-refractivity contribution in [1.82, 2.24) is 59.6 Å². The highest BCUT2D eigenvalue weighted by Crippen LogP contribution is 2.61. The lowest BCUT2D eigenvalue weighted by atomic mass is 10.0. The average molecular weight is 1960 g/mol. The lowest BCUT2D eigenvalue weighted by molar-refractivity contribution is -0.191. The maximum absolute atomic E-state index is 14.1. The molecule has 0 radical (unpaired) electrons. The number of amides is 7. The van der Waals surface area contributed by atoms with E-state index in [1.807, 2.05) is 80.7 Å². The quantitative estimate of drug-likeness (QED) is 0.133. The molecule has 0 bridgehead atoms. The first-order chi connectivity index (χ1) is 65.3. The Bertz CT molecular complexity index is 6220. The Labute approximate surface area is 796 Å². The molecule has 2 N–H and O–H groups in total. The maximum atomic E-state index is 14.1. The van der Waals surface area contributed by atoms with Crippen LogP contribution >= 0.6 is 31.9 Å². The topological polar surface area (TPSA) is 374 Å². The molecule has 33 nitrogen and oxygen atoms in total. The van der Waals surface area contributed by atoms with Crippen LogP contribution in [0.5, 0.6) is 0 Å². The van der Waals surface area contributed by atoms with Gasteiger partial charge < -0.3 is 68.8 Å². The lowest BCUT2D eigenvalue weighted by Crippen LogP contribution is -2.40. The third-order valence-electron chi connectivity index (χ3n) is 29.0. The zero-order chi connectivity index (χ0) is 93.9. The van der Waals surface area contributed by atoms with Crippen molar-refractivity contribution in [2.45, 2.75) is 162 Å². The molecule has 10 aliphatic heterocycles. The number of morpholine rings is 3. The molecule has 3 saturated heterocycles. The van der Waals surface area contributed by atoms with Crippen LogP contribution in [0.1, 0.15) is 194 Å². The Morgan fingerprint density at radius 1 is 0.415 bits per heavy atom. The van der Waals surface area contributed by atoms with Gasteiger partial charge in [0.2, 0.25) is 29.6 Å². The minimum absolute atomic E-state index is 0.0165. The van der Waals surface area contributed by atoms with Gasteiger partial charge in [0.25, 0.3) is 24.2 Å². The fourth-order valence-corrected chi connectivity index (χ4v) is 20.9. The van der Waals surface area contributed by atoms with Crippen LogP contribution in [0.2, 0.25) is 0 Å². The molecule has 1 aromatic carbocycles. The van der Waals surface area contributed by atoms with Crippen LogP contribution in [-0.4, -0.2) is 238 Å². The number of aromatic nitrogens is 9. The smallest absolute Gasteiger partial charge is 0.373 e. The van der Waals surface area contributed by atoms with Gasteiger partial charge in [-0.05, 0) is 176 Å². The number of hydrogen-bond donors (Lipinski definition) is 2. The van der Waals surface area contributed by atoms with E-state index in [0.717, 1.165) is 161 Å². The number of benzene rings is 1. The fraction of sp³-hybridized carbons (Fsp3) is 0.455. The van der Waals surface area contributed by atoms with Crippen molar-refractivity contribution < 1.29 is 71.3 Å². The van der Waals surface area contributed by atoms with E-state index in [1.54, 1.807) is 103 Å². The zero-order valence-electron chi connectivity index (χ0n) is 75.7. The predicted octanol–water partition coefficient (Wildman–Crippen LogP) is 11.9. The van der Waals surface area contributed by atoms with Gasteiger partial charge in [-0.3, -0.25) is 73.2 Å². The molecule has 9 aromatic rings. The van der Waals surface area contributed by atoms with Crippen LogP contribution in [0, 0.1) is 5.82 Å². The van der Waals surface area contributed by atoms with Gasteiger partial charge in [0.1, 0.15) is 12.4 Å². The van der Waals surface area contributed by atoms with E-state index in [9.17, 15) is 42.7 Å². The van der Waals surface area contributed by atoms with E-state index >= 15 is 0 Å². The summed E-state index contributed by atoms with van der Waals surface area (Å²) in [6.07, 6.45) is 32.1.